The van der Waals surface area contributed by atoms with Gasteiger partial charge >= 0.3 is 0 Å². The van der Waals surface area contributed by atoms with Crippen LogP contribution in [0, 0.1) is 5.82 Å². The Kier molecular flexibility index (Phi) is 5.09. The molecular formula is C13H17BrF2N2. The van der Waals surface area contributed by atoms with Gasteiger partial charge in [-0.2, -0.15) is 0 Å². The van der Waals surface area contributed by atoms with E-state index in [-0.39, 0.29) is 18.5 Å². The number of hydrogen-bond donors (Lipinski definition) is 1. The normalized spacial score (nSPS) is 18.8. The summed E-state index contributed by atoms with van der Waals surface area (Å²) in [6.07, 6.45) is 0.456. The van der Waals surface area contributed by atoms with Crippen molar-refractivity contribution in [1.82, 2.24) is 10.2 Å². The van der Waals surface area contributed by atoms with Crippen LogP contribution in [0.25, 0.3) is 0 Å². The van der Waals surface area contributed by atoms with Crippen LogP contribution in [-0.2, 0) is 0 Å². The van der Waals surface area contributed by atoms with Gasteiger partial charge in [0.2, 0.25) is 0 Å². The van der Waals surface area contributed by atoms with Gasteiger partial charge in [0.05, 0.1) is 11.1 Å². The highest BCUT2D eigenvalue weighted by atomic mass is 79.9. The SMILES string of the molecule is FCC[C@H](c1ccc(F)c(Br)c1)N1CCNCC1. The van der Waals surface area contributed by atoms with Crippen molar-refractivity contribution < 1.29 is 8.78 Å². The highest BCUT2D eigenvalue weighted by Gasteiger charge is 2.22. The van der Waals surface area contributed by atoms with E-state index in [0.717, 1.165) is 31.7 Å². The van der Waals surface area contributed by atoms with Crippen molar-refractivity contribution in [2.24, 2.45) is 0 Å². The van der Waals surface area contributed by atoms with Crippen molar-refractivity contribution in [2.45, 2.75) is 12.5 Å². The second kappa shape index (κ2) is 6.59. The van der Waals surface area contributed by atoms with Crippen LogP contribution in [0.15, 0.2) is 22.7 Å². The molecule has 2 rings (SSSR count). The molecule has 2 nitrogen and oxygen atoms in total. The summed E-state index contributed by atoms with van der Waals surface area (Å²) in [7, 11) is 0. The average molecular weight is 319 g/mol. The summed E-state index contributed by atoms with van der Waals surface area (Å²) in [5, 5.41) is 3.28. The van der Waals surface area contributed by atoms with E-state index in [1.807, 2.05) is 0 Å². The zero-order valence-corrected chi connectivity index (χ0v) is 11.7. The predicted octanol–water partition coefficient (Wildman–Crippen LogP) is 2.89. The van der Waals surface area contributed by atoms with Gasteiger partial charge in [0.15, 0.2) is 0 Å². The first-order valence-electron chi connectivity index (χ1n) is 6.18. The van der Waals surface area contributed by atoms with Crippen molar-refractivity contribution in [2.75, 3.05) is 32.9 Å². The summed E-state index contributed by atoms with van der Waals surface area (Å²) in [6, 6.07) is 4.99. The van der Waals surface area contributed by atoms with Gasteiger partial charge in [-0.1, -0.05) is 6.07 Å². The van der Waals surface area contributed by atoms with Gasteiger partial charge in [0.25, 0.3) is 0 Å². The molecule has 1 aromatic carbocycles. The molecule has 0 aromatic heterocycles. The molecule has 1 aromatic rings. The second-order valence-corrected chi connectivity index (χ2v) is 5.31. The molecule has 5 heteroatoms. The first-order valence-corrected chi connectivity index (χ1v) is 6.97. The molecule has 0 bridgehead atoms. The van der Waals surface area contributed by atoms with Crippen molar-refractivity contribution in [1.29, 1.82) is 0 Å². The van der Waals surface area contributed by atoms with E-state index in [2.05, 4.69) is 26.1 Å². The van der Waals surface area contributed by atoms with E-state index in [0.29, 0.717) is 10.9 Å². The van der Waals surface area contributed by atoms with E-state index in [1.165, 1.54) is 6.07 Å². The lowest BCUT2D eigenvalue weighted by Gasteiger charge is -2.35. The highest BCUT2D eigenvalue weighted by molar-refractivity contribution is 9.10. The molecule has 1 aliphatic heterocycles. The number of hydrogen-bond acceptors (Lipinski definition) is 2. The number of nitrogens with one attached hydrogen (secondary N) is 1. The summed E-state index contributed by atoms with van der Waals surface area (Å²) >= 11 is 3.19. The van der Waals surface area contributed by atoms with Crippen LogP contribution in [0.5, 0.6) is 0 Å². The number of nitrogens with zero attached hydrogens (tertiary/aromatic N) is 1. The van der Waals surface area contributed by atoms with Gasteiger partial charge in [-0.3, -0.25) is 9.29 Å². The van der Waals surface area contributed by atoms with Crippen LogP contribution in [0.1, 0.15) is 18.0 Å². The van der Waals surface area contributed by atoms with Gasteiger partial charge < -0.3 is 5.32 Å². The lowest BCUT2D eigenvalue weighted by atomic mass is 10.0. The zero-order valence-electron chi connectivity index (χ0n) is 10.1. The predicted molar refractivity (Wildman–Crippen MR) is 71.9 cm³/mol. The maximum Gasteiger partial charge on any atom is 0.137 e. The summed E-state index contributed by atoms with van der Waals surface area (Å²) in [5.41, 5.74) is 0.975. The highest BCUT2D eigenvalue weighted by Crippen LogP contribution is 2.28. The van der Waals surface area contributed by atoms with Gasteiger partial charge in [0, 0.05) is 32.2 Å². The van der Waals surface area contributed by atoms with E-state index in [4.69, 9.17) is 0 Å². The minimum absolute atomic E-state index is 0.0361. The largest absolute Gasteiger partial charge is 0.314 e. The molecular weight excluding hydrogens is 302 g/mol. The molecule has 0 radical (unpaired) electrons. The molecule has 100 valence electrons. The molecule has 1 fully saturated rings. The van der Waals surface area contributed by atoms with Crippen molar-refractivity contribution in [3.05, 3.63) is 34.1 Å². The standard InChI is InChI=1S/C13H17BrF2N2/c14-11-9-10(1-2-12(11)16)13(3-4-15)18-7-5-17-6-8-18/h1-2,9,13,17H,3-8H2/t13-/m1/s1. The van der Waals surface area contributed by atoms with Gasteiger partial charge in [-0.05, 0) is 40.0 Å². The first kappa shape index (κ1) is 13.9. The van der Waals surface area contributed by atoms with Crippen LogP contribution in [0.3, 0.4) is 0 Å². The third kappa shape index (κ3) is 3.28. The fourth-order valence-corrected chi connectivity index (χ4v) is 2.77. The number of rotatable bonds is 4. The molecule has 1 saturated heterocycles. The van der Waals surface area contributed by atoms with Crippen molar-refractivity contribution >= 4 is 15.9 Å². The summed E-state index contributed by atoms with van der Waals surface area (Å²) < 4.78 is 26.4. The maximum absolute atomic E-state index is 13.2. The minimum Gasteiger partial charge on any atom is -0.314 e. The Hall–Kier alpha value is -0.520. The molecule has 0 saturated carbocycles. The topological polar surface area (TPSA) is 15.3 Å². The molecule has 0 amide bonds. The zero-order chi connectivity index (χ0) is 13.0. The Morgan fingerprint density at radius 2 is 2.06 bits per heavy atom. The molecule has 1 heterocycles. The van der Waals surface area contributed by atoms with Crippen LogP contribution in [0.2, 0.25) is 0 Å². The summed E-state index contributed by atoms with van der Waals surface area (Å²) in [5.74, 6) is -0.280. The number of benzene rings is 1. The number of alkyl halides is 1. The molecule has 0 aliphatic carbocycles. The van der Waals surface area contributed by atoms with Crippen LogP contribution in [0.4, 0.5) is 8.78 Å². The number of halogens is 3. The summed E-state index contributed by atoms with van der Waals surface area (Å²) in [6.45, 7) is 3.29. The smallest absolute Gasteiger partial charge is 0.137 e. The van der Waals surface area contributed by atoms with E-state index >= 15 is 0 Å². The molecule has 18 heavy (non-hydrogen) atoms. The number of piperazine rings is 1. The van der Waals surface area contributed by atoms with Gasteiger partial charge in [0.1, 0.15) is 5.82 Å². The second-order valence-electron chi connectivity index (χ2n) is 4.45. The van der Waals surface area contributed by atoms with Crippen LogP contribution >= 0.6 is 15.9 Å². The fourth-order valence-electron chi connectivity index (χ4n) is 2.38. The summed E-state index contributed by atoms with van der Waals surface area (Å²) in [4.78, 5) is 2.26. The van der Waals surface area contributed by atoms with E-state index < -0.39 is 0 Å². The molecule has 0 unspecified atom stereocenters. The van der Waals surface area contributed by atoms with Crippen molar-refractivity contribution in [3.8, 4) is 0 Å². The lowest BCUT2D eigenvalue weighted by molar-refractivity contribution is 0.157. The van der Waals surface area contributed by atoms with E-state index in [9.17, 15) is 8.78 Å². The van der Waals surface area contributed by atoms with Crippen LogP contribution in [-0.4, -0.2) is 37.8 Å². The third-order valence-electron chi connectivity index (χ3n) is 3.30. The van der Waals surface area contributed by atoms with Gasteiger partial charge in [-0.25, -0.2) is 4.39 Å². The Morgan fingerprint density at radius 1 is 1.33 bits per heavy atom. The quantitative estimate of drug-likeness (QED) is 0.918. The van der Waals surface area contributed by atoms with Gasteiger partial charge in [-0.15, -0.1) is 0 Å². The lowest BCUT2D eigenvalue weighted by Crippen LogP contribution is -2.45. The first-order chi connectivity index (χ1) is 8.72. The monoisotopic (exact) mass is 318 g/mol. The Bertz CT molecular complexity index is 395. The third-order valence-corrected chi connectivity index (χ3v) is 3.91. The molecule has 1 N–H and O–H groups in total. The molecule has 1 aliphatic rings. The minimum atomic E-state index is -0.358. The van der Waals surface area contributed by atoms with Crippen molar-refractivity contribution in [3.63, 3.8) is 0 Å². The molecule has 0 spiro atoms. The fraction of sp³-hybridized carbons (Fsp3) is 0.538. The van der Waals surface area contributed by atoms with E-state index in [1.54, 1.807) is 12.1 Å². The maximum atomic E-state index is 13.2. The average Bonchev–Trinajstić information content (AvgIpc) is 2.40. The Labute approximate surface area is 114 Å². The Morgan fingerprint density at radius 3 is 2.67 bits per heavy atom. The molecule has 1 atom stereocenters. The van der Waals surface area contributed by atoms with Crippen LogP contribution < -0.4 is 5.32 Å². The Balaban J connectivity index is 2.19.